The number of halogens is 2. The van der Waals surface area contributed by atoms with Crippen molar-refractivity contribution in [1.82, 2.24) is 20.8 Å². The lowest BCUT2D eigenvalue weighted by Crippen LogP contribution is -2.48. The molecule has 164 valence electrons. The zero-order chi connectivity index (χ0) is 22.7. The summed E-state index contributed by atoms with van der Waals surface area (Å²) >= 11 is 5.78. The number of nitrogens with two attached hydrogens (primary N) is 1. The topological polar surface area (TPSA) is 125 Å². The highest BCUT2D eigenvalue weighted by molar-refractivity contribution is 6.31. The first-order valence-electron chi connectivity index (χ1n) is 9.76. The van der Waals surface area contributed by atoms with E-state index in [0.717, 1.165) is 0 Å². The number of nitrogen functional groups attached to an aromatic ring is 1. The van der Waals surface area contributed by atoms with Crippen LogP contribution < -0.4 is 21.7 Å². The zero-order valence-corrected chi connectivity index (χ0v) is 17.5. The van der Waals surface area contributed by atoms with Crippen molar-refractivity contribution in [1.29, 1.82) is 0 Å². The number of nitrogens with zero attached hydrogens (tertiary/aromatic N) is 1. The van der Waals surface area contributed by atoms with Crippen molar-refractivity contribution in [3.8, 4) is 0 Å². The lowest BCUT2D eigenvalue weighted by atomic mass is 10.1. The van der Waals surface area contributed by atoms with Crippen LogP contribution in [0.2, 0.25) is 0 Å². The second kappa shape index (κ2) is 8.72. The number of H-pyrrole nitrogens is 1. The third-order valence-corrected chi connectivity index (χ3v) is 5.20. The van der Waals surface area contributed by atoms with E-state index in [0.29, 0.717) is 32.7 Å². The molecule has 6 N–H and O–H groups in total. The van der Waals surface area contributed by atoms with Gasteiger partial charge in [0.15, 0.2) is 5.82 Å². The van der Waals surface area contributed by atoms with E-state index in [1.54, 1.807) is 42.5 Å². The zero-order valence-electron chi connectivity index (χ0n) is 16.8. The van der Waals surface area contributed by atoms with Crippen molar-refractivity contribution >= 4 is 45.9 Å². The Kier molecular flexibility index (Phi) is 5.83. The third-order valence-electron chi connectivity index (χ3n) is 4.92. The molecule has 2 aromatic carbocycles. The largest absolute Gasteiger partial charge is 0.382 e. The van der Waals surface area contributed by atoms with Gasteiger partial charge in [0.1, 0.15) is 0 Å². The van der Waals surface area contributed by atoms with Gasteiger partial charge in [-0.1, -0.05) is 35.9 Å². The van der Waals surface area contributed by atoms with Gasteiger partial charge in [-0.05, 0) is 42.0 Å². The summed E-state index contributed by atoms with van der Waals surface area (Å²) in [6, 6.07) is 11.5. The fourth-order valence-corrected chi connectivity index (χ4v) is 3.49. The highest BCUT2D eigenvalue weighted by atomic mass is 35.5. The Labute approximate surface area is 187 Å². The minimum absolute atomic E-state index is 0.0504. The molecule has 0 saturated carbocycles. The fourth-order valence-electron chi connectivity index (χ4n) is 3.35. The van der Waals surface area contributed by atoms with E-state index in [1.807, 2.05) is 0 Å². The number of benzene rings is 2. The number of hydrogen-bond donors (Lipinski definition) is 5. The lowest BCUT2D eigenvalue weighted by Gasteiger charge is -2.24. The molecule has 0 bridgehead atoms. The van der Waals surface area contributed by atoms with E-state index in [4.69, 9.17) is 17.3 Å². The third kappa shape index (κ3) is 4.73. The number of rotatable bonds is 5. The molecule has 32 heavy (non-hydrogen) atoms. The molecule has 10 heteroatoms. The second-order valence-electron chi connectivity index (χ2n) is 7.29. The Bertz CT molecular complexity index is 1250. The molecule has 3 aromatic rings. The van der Waals surface area contributed by atoms with E-state index in [2.05, 4.69) is 26.1 Å². The molecule has 0 spiro atoms. The van der Waals surface area contributed by atoms with Crippen molar-refractivity contribution < 1.29 is 14.0 Å². The van der Waals surface area contributed by atoms with Crippen LogP contribution in [0.4, 0.5) is 20.7 Å². The fraction of sp³-hybridized carbons (Fsp3) is 0.136. The summed E-state index contributed by atoms with van der Waals surface area (Å²) in [6.45, 7) is 0.135. The summed E-state index contributed by atoms with van der Waals surface area (Å²) in [4.78, 5) is 24.9. The summed E-state index contributed by atoms with van der Waals surface area (Å²) in [5, 5.41) is 15.4. The van der Waals surface area contributed by atoms with Crippen LogP contribution in [0.15, 0.2) is 65.7 Å². The van der Waals surface area contributed by atoms with Gasteiger partial charge >= 0.3 is 6.03 Å². The number of alkyl halides is 1. The van der Waals surface area contributed by atoms with Gasteiger partial charge in [0.05, 0.1) is 16.5 Å². The number of aromatic nitrogens is 2. The van der Waals surface area contributed by atoms with Gasteiger partial charge in [-0.3, -0.25) is 9.89 Å². The van der Waals surface area contributed by atoms with Gasteiger partial charge in [0.25, 0.3) is 5.91 Å². The molecule has 1 aliphatic rings. The first kappa shape index (κ1) is 21.4. The van der Waals surface area contributed by atoms with E-state index in [9.17, 15) is 14.0 Å². The summed E-state index contributed by atoms with van der Waals surface area (Å²) < 4.78 is 14.6. The predicted molar refractivity (Wildman–Crippen MR) is 122 cm³/mol. The Morgan fingerprint density at radius 3 is 2.84 bits per heavy atom. The molecule has 4 rings (SSSR count). The highest BCUT2D eigenvalue weighted by Crippen LogP contribution is 2.25. The van der Waals surface area contributed by atoms with Crippen molar-refractivity contribution in [3.05, 3.63) is 76.9 Å². The molecule has 1 heterocycles. The average Bonchev–Trinajstić information content (AvgIpc) is 3.16. The summed E-state index contributed by atoms with van der Waals surface area (Å²) in [6.07, 6.45) is 4.05. The van der Waals surface area contributed by atoms with Crippen LogP contribution in [0, 0.1) is 0 Å². The first-order valence-corrected chi connectivity index (χ1v) is 10.1. The van der Waals surface area contributed by atoms with Crippen molar-refractivity contribution in [2.75, 3.05) is 11.1 Å². The van der Waals surface area contributed by atoms with E-state index in [1.165, 1.54) is 18.2 Å². The number of carbonyl (C=O) groups excluding carboxylic acids is 2. The number of urea groups is 1. The number of allylic oxidation sites excluding steroid dienone is 2. The molecule has 1 aromatic heterocycles. The SMILES string of the molecule is Nc1n[nH]c2cccc(C(=O)Nc3cccc(CNC(=O)NC4(F)C=CC(Cl)=CC4)c3)c12. The molecule has 3 amide bonds. The van der Waals surface area contributed by atoms with Crippen molar-refractivity contribution in [2.24, 2.45) is 0 Å². The van der Waals surface area contributed by atoms with E-state index >= 15 is 0 Å². The van der Waals surface area contributed by atoms with Gasteiger partial charge in [0.2, 0.25) is 5.79 Å². The van der Waals surface area contributed by atoms with Crippen molar-refractivity contribution in [2.45, 2.75) is 18.8 Å². The standard InChI is InChI=1S/C22H20ClFN6O2/c23-14-7-9-22(24,10-8-14)28-21(32)26-12-13-3-1-4-15(11-13)27-20(31)16-5-2-6-17-18(16)19(25)30-29-17/h1-9,11H,10,12H2,(H,27,31)(H3,25,29,30)(H2,26,28,32). The highest BCUT2D eigenvalue weighted by Gasteiger charge is 2.29. The number of amides is 3. The van der Waals surface area contributed by atoms with Crippen LogP contribution >= 0.6 is 11.6 Å². The number of carbonyl (C=O) groups is 2. The Balaban J connectivity index is 1.38. The number of nitrogens with one attached hydrogen (secondary N) is 4. The lowest BCUT2D eigenvalue weighted by molar-refractivity contribution is 0.102. The smallest absolute Gasteiger partial charge is 0.317 e. The normalized spacial score (nSPS) is 17.6. The van der Waals surface area contributed by atoms with E-state index < -0.39 is 11.8 Å². The van der Waals surface area contributed by atoms with Gasteiger partial charge in [-0.2, -0.15) is 5.10 Å². The summed E-state index contributed by atoms with van der Waals surface area (Å²) in [5.74, 6) is -2.10. The molecule has 1 aliphatic carbocycles. The molecule has 0 saturated heterocycles. The number of aromatic amines is 1. The van der Waals surface area contributed by atoms with Crippen LogP contribution in [0.25, 0.3) is 10.9 Å². The quantitative estimate of drug-likeness (QED) is 0.374. The van der Waals surface area contributed by atoms with Crippen LogP contribution in [-0.2, 0) is 6.54 Å². The molecule has 0 fully saturated rings. The van der Waals surface area contributed by atoms with Gasteiger partial charge in [0, 0.05) is 23.7 Å². The average molecular weight is 455 g/mol. The van der Waals surface area contributed by atoms with Gasteiger partial charge in [-0.15, -0.1) is 0 Å². The Hall–Kier alpha value is -3.85. The summed E-state index contributed by atoms with van der Waals surface area (Å²) in [5.41, 5.74) is 8.17. The Morgan fingerprint density at radius 1 is 1.25 bits per heavy atom. The van der Waals surface area contributed by atoms with Crippen LogP contribution in [0.1, 0.15) is 22.3 Å². The van der Waals surface area contributed by atoms with E-state index in [-0.39, 0.29) is 24.7 Å². The maximum absolute atomic E-state index is 14.6. The number of fused-ring (bicyclic) bond motifs is 1. The number of anilines is 2. The van der Waals surface area contributed by atoms with Crippen LogP contribution in [0.3, 0.4) is 0 Å². The van der Waals surface area contributed by atoms with Crippen LogP contribution in [0.5, 0.6) is 0 Å². The first-order chi connectivity index (χ1) is 15.3. The minimum atomic E-state index is -1.99. The molecular formula is C22H20ClFN6O2. The molecule has 1 atom stereocenters. The van der Waals surface area contributed by atoms with Gasteiger partial charge < -0.3 is 21.7 Å². The van der Waals surface area contributed by atoms with Crippen molar-refractivity contribution in [3.63, 3.8) is 0 Å². The molecule has 8 nitrogen and oxygen atoms in total. The molecule has 1 unspecified atom stereocenters. The number of hydrogen-bond acceptors (Lipinski definition) is 4. The Morgan fingerprint density at radius 2 is 2.06 bits per heavy atom. The monoisotopic (exact) mass is 454 g/mol. The second-order valence-corrected chi connectivity index (χ2v) is 7.72. The molecular weight excluding hydrogens is 435 g/mol. The maximum Gasteiger partial charge on any atom is 0.317 e. The summed E-state index contributed by atoms with van der Waals surface area (Å²) in [7, 11) is 0. The van der Waals surface area contributed by atoms with Crippen LogP contribution in [-0.4, -0.2) is 27.9 Å². The van der Waals surface area contributed by atoms with Gasteiger partial charge in [-0.25, -0.2) is 9.18 Å². The molecule has 0 radical (unpaired) electrons. The molecule has 0 aliphatic heterocycles. The minimum Gasteiger partial charge on any atom is -0.382 e. The predicted octanol–water partition coefficient (Wildman–Crippen LogP) is 3.95. The maximum atomic E-state index is 14.6.